The first kappa shape index (κ1) is 11.3. The Morgan fingerprint density at radius 3 is 2.47 bits per heavy atom. The molecule has 0 aliphatic rings. The van der Waals surface area contributed by atoms with E-state index in [1.807, 2.05) is 12.1 Å². The molecule has 0 radical (unpaired) electrons. The lowest BCUT2D eigenvalue weighted by molar-refractivity contribution is 0.417. The van der Waals surface area contributed by atoms with Crippen LogP contribution in [0.2, 0.25) is 0 Å². The van der Waals surface area contributed by atoms with Crippen molar-refractivity contribution in [3.63, 3.8) is 0 Å². The van der Waals surface area contributed by atoms with Gasteiger partial charge in [0, 0.05) is 5.69 Å². The SMILES string of the molecule is COc1cccc(Nc2ccc(F)cc2)c1N. The van der Waals surface area contributed by atoms with Crippen LogP contribution in [0.15, 0.2) is 42.5 Å². The summed E-state index contributed by atoms with van der Waals surface area (Å²) in [6, 6.07) is 11.5. The highest BCUT2D eigenvalue weighted by molar-refractivity contribution is 5.77. The monoisotopic (exact) mass is 232 g/mol. The van der Waals surface area contributed by atoms with E-state index in [1.165, 1.54) is 12.1 Å². The summed E-state index contributed by atoms with van der Waals surface area (Å²) >= 11 is 0. The Kier molecular flexibility index (Phi) is 3.14. The molecule has 0 heterocycles. The van der Waals surface area contributed by atoms with Gasteiger partial charge in [-0.05, 0) is 36.4 Å². The zero-order valence-electron chi connectivity index (χ0n) is 9.41. The summed E-state index contributed by atoms with van der Waals surface area (Å²) in [4.78, 5) is 0. The number of ether oxygens (including phenoxy) is 1. The Hall–Kier alpha value is -2.23. The van der Waals surface area contributed by atoms with Crippen molar-refractivity contribution in [3.8, 4) is 5.75 Å². The number of nitrogens with one attached hydrogen (secondary N) is 1. The summed E-state index contributed by atoms with van der Waals surface area (Å²) in [5.41, 5.74) is 7.94. The van der Waals surface area contributed by atoms with E-state index in [1.54, 1.807) is 25.3 Å². The molecule has 2 rings (SSSR count). The third-order valence-corrected chi connectivity index (χ3v) is 2.41. The van der Waals surface area contributed by atoms with Gasteiger partial charge >= 0.3 is 0 Å². The maximum absolute atomic E-state index is 12.8. The lowest BCUT2D eigenvalue weighted by Crippen LogP contribution is -1.98. The van der Waals surface area contributed by atoms with Crippen molar-refractivity contribution in [1.82, 2.24) is 0 Å². The van der Waals surface area contributed by atoms with E-state index >= 15 is 0 Å². The molecule has 0 amide bonds. The van der Waals surface area contributed by atoms with Crippen molar-refractivity contribution in [2.45, 2.75) is 0 Å². The van der Waals surface area contributed by atoms with Gasteiger partial charge in [0.1, 0.15) is 11.6 Å². The van der Waals surface area contributed by atoms with Crippen LogP contribution >= 0.6 is 0 Å². The third kappa shape index (κ3) is 2.47. The molecule has 17 heavy (non-hydrogen) atoms. The van der Waals surface area contributed by atoms with Gasteiger partial charge in [0.05, 0.1) is 18.5 Å². The number of benzene rings is 2. The van der Waals surface area contributed by atoms with E-state index < -0.39 is 0 Å². The van der Waals surface area contributed by atoms with Gasteiger partial charge in [-0.25, -0.2) is 4.39 Å². The van der Waals surface area contributed by atoms with Crippen LogP contribution in [0.4, 0.5) is 21.5 Å². The standard InChI is InChI=1S/C13H13FN2O/c1-17-12-4-2-3-11(13(12)15)16-10-7-5-9(14)6-8-10/h2-8,16H,15H2,1H3. The molecule has 3 nitrogen and oxygen atoms in total. The first-order valence-corrected chi connectivity index (χ1v) is 5.16. The van der Waals surface area contributed by atoms with Crippen LogP contribution < -0.4 is 15.8 Å². The fourth-order valence-electron chi connectivity index (χ4n) is 1.52. The molecule has 0 bridgehead atoms. The van der Waals surface area contributed by atoms with Crippen LogP contribution in [0.25, 0.3) is 0 Å². The Balaban J connectivity index is 2.27. The molecule has 88 valence electrons. The van der Waals surface area contributed by atoms with Crippen molar-refractivity contribution in [1.29, 1.82) is 0 Å². The largest absolute Gasteiger partial charge is 0.495 e. The van der Waals surface area contributed by atoms with Crippen molar-refractivity contribution >= 4 is 17.1 Å². The van der Waals surface area contributed by atoms with Crippen molar-refractivity contribution < 1.29 is 9.13 Å². The molecular weight excluding hydrogens is 219 g/mol. The second-order valence-electron chi connectivity index (χ2n) is 3.55. The van der Waals surface area contributed by atoms with Gasteiger partial charge in [-0.1, -0.05) is 6.07 Å². The highest BCUT2D eigenvalue weighted by Crippen LogP contribution is 2.31. The minimum absolute atomic E-state index is 0.269. The van der Waals surface area contributed by atoms with Crippen LogP contribution in [0.5, 0.6) is 5.75 Å². The maximum atomic E-state index is 12.8. The van der Waals surface area contributed by atoms with Crippen LogP contribution in [0, 0.1) is 5.82 Å². The van der Waals surface area contributed by atoms with Crippen LogP contribution in [0.1, 0.15) is 0 Å². The second kappa shape index (κ2) is 4.74. The zero-order valence-corrected chi connectivity index (χ0v) is 9.41. The molecule has 2 aromatic rings. The highest BCUT2D eigenvalue weighted by Gasteiger charge is 2.04. The second-order valence-corrected chi connectivity index (χ2v) is 3.55. The number of para-hydroxylation sites is 1. The molecule has 0 saturated carbocycles. The summed E-state index contributed by atoms with van der Waals surface area (Å²) < 4.78 is 17.9. The van der Waals surface area contributed by atoms with Gasteiger partial charge < -0.3 is 15.8 Å². The van der Waals surface area contributed by atoms with Gasteiger partial charge in [0.15, 0.2) is 0 Å². The fraction of sp³-hybridized carbons (Fsp3) is 0.0769. The Morgan fingerprint density at radius 1 is 1.12 bits per heavy atom. The van der Waals surface area contributed by atoms with Crippen LogP contribution in [-0.4, -0.2) is 7.11 Å². The van der Waals surface area contributed by atoms with Crippen LogP contribution in [0.3, 0.4) is 0 Å². The molecule has 0 spiro atoms. The molecule has 0 saturated heterocycles. The van der Waals surface area contributed by atoms with E-state index in [0.29, 0.717) is 11.4 Å². The molecule has 0 aromatic heterocycles. The number of hydrogen-bond acceptors (Lipinski definition) is 3. The minimum atomic E-state index is -0.269. The summed E-state index contributed by atoms with van der Waals surface area (Å²) in [6.45, 7) is 0. The molecule has 4 heteroatoms. The fourth-order valence-corrected chi connectivity index (χ4v) is 1.52. The van der Waals surface area contributed by atoms with Gasteiger partial charge in [-0.15, -0.1) is 0 Å². The Bertz CT molecular complexity index is 511. The van der Waals surface area contributed by atoms with Gasteiger partial charge in [0.2, 0.25) is 0 Å². The predicted octanol–water partition coefficient (Wildman–Crippen LogP) is 3.16. The average Bonchev–Trinajstić information content (AvgIpc) is 2.35. The number of nitrogens with two attached hydrogens (primary N) is 1. The molecule has 2 aromatic carbocycles. The van der Waals surface area contributed by atoms with Gasteiger partial charge in [-0.3, -0.25) is 0 Å². The smallest absolute Gasteiger partial charge is 0.143 e. The first-order chi connectivity index (χ1) is 8.20. The lowest BCUT2D eigenvalue weighted by Gasteiger charge is -2.12. The average molecular weight is 232 g/mol. The summed E-state index contributed by atoms with van der Waals surface area (Å²) in [7, 11) is 1.56. The quantitative estimate of drug-likeness (QED) is 0.799. The van der Waals surface area contributed by atoms with Gasteiger partial charge in [0.25, 0.3) is 0 Å². The lowest BCUT2D eigenvalue weighted by atomic mass is 10.2. The molecule has 0 aliphatic heterocycles. The molecule has 0 aliphatic carbocycles. The van der Waals surface area contributed by atoms with E-state index in [-0.39, 0.29) is 5.82 Å². The van der Waals surface area contributed by atoms with Crippen molar-refractivity contribution in [3.05, 3.63) is 48.3 Å². The van der Waals surface area contributed by atoms with Crippen molar-refractivity contribution in [2.24, 2.45) is 0 Å². The summed E-state index contributed by atoms with van der Waals surface area (Å²) in [5.74, 6) is 0.339. The third-order valence-electron chi connectivity index (χ3n) is 2.41. The summed E-state index contributed by atoms with van der Waals surface area (Å²) in [5, 5.41) is 3.10. The van der Waals surface area contributed by atoms with E-state index in [9.17, 15) is 4.39 Å². The van der Waals surface area contributed by atoms with Crippen molar-refractivity contribution in [2.75, 3.05) is 18.2 Å². The highest BCUT2D eigenvalue weighted by atomic mass is 19.1. The minimum Gasteiger partial charge on any atom is -0.495 e. The molecule has 0 atom stereocenters. The number of halogens is 1. The molecular formula is C13H13FN2O. The Labute approximate surface area is 99.0 Å². The van der Waals surface area contributed by atoms with E-state index in [4.69, 9.17) is 10.5 Å². The predicted molar refractivity (Wildman–Crippen MR) is 67.1 cm³/mol. The number of hydrogen-bond donors (Lipinski definition) is 2. The molecule has 3 N–H and O–H groups in total. The number of anilines is 3. The molecule has 0 unspecified atom stereocenters. The number of methoxy groups -OCH3 is 1. The number of nitrogen functional groups attached to an aromatic ring is 1. The normalized spacial score (nSPS) is 10.0. The van der Waals surface area contributed by atoms with E-state index in [2.05, 4.69) is 5.32 Å². The molecule has 0 fully saturated rings. The summed E-state index contributed by atoms with van der Waals surface area (Å²) in [6.07, 6.45) is 0. The first-order valence-electron chi connectivity index (χ1n) is 5.16. The van der Waals surface area contributed by atoms with Crippen LogP contribution in [-0.2, 0) is 0 Å². The van der Waals surface area contributed by atoms with E-state index in [0.717, 1.165) is 11.4 Å². The maximum Gasteiger partial charge on any atom is 0.143 e. The topological polar surface area (TPSA) is 47.3 Å². The van der Waals surface area contributed by atoms with Gasteiger partial charge in [-0.2, -0.15) is 0 Å². The Morgan fingerprint density at radius 2 is 1.82 bits per heavy atom. The number of rotatable bonds is 3. The zero-order chi connectivity index (χ0) is 12.3.